The molecule has 1 N–H and O–H groups in total. The van der Waals surface area contributed by atoms with Crippen LogP contribution in [-0.4, -0.2) is 19.1 Å². The summed E-state index contributed by atoms with van der Waals surface area (Å²) >= 11 is 3.31. The van der Waals surface area contributed by atoms with Crippen molar-refractivity contribution in [2.45, 2.75) is 18.7 Å². The van der Waals surface area contributed by atoms with Crippen LogP contribution in [0.15, 0.2) is 56.9 Å². The third kappa shape index (κ3) is 4.18. The Hall–Kier alpha value is -2.26. The smallest absolute Gasteiger partial charge is 0.258 e. The van der Waals surface area contributed by atoms with E-state index in [-0.39, 0.29) is 10.6 Å². The van der Waals surface area contributed by atoms with E-state index in [0.717, 1.165) is 16.1 Å². The first-order valence-electron chi connectivity index (χ1n) is 6.78. The molecule has 2 aromatic carbocycles. The Labute approximate surface area is 147 Å². The van der Waals surface area contributed by atoms with Gasteiger partial charge in [0.2, 0.25) is 0 Å². The van der Waals surface area contributed by atoms with E-state index in [0.29, 0.717) is 11.3 Å². The van der Waals surface area contributed by atoms with E-state index in [9.17, 15) is 18.5 Å². The van der Waals surface area contributed by atoms with E-state index in [2.05, 4.69) is 25.9 Å². The summed E-state index contributed by atoms with van der Waals surface area (Å²) in [5.41, 5.74) is 1.34. The number of rotatable bonds is 5. The highest BCUT2D eigenvalue weighted by molar-refractivity contribution is 9.10. The van der Waals surface area contributed by atoms with Crippen LogP contribution in [0.2, 0.25) is 0 Å². The first kappa shape index (κ1) is 18.1. The minimum Gasteiger partial charge on any atom is -0.258 e. The Morgan fingerprint density at radius 2 is 1.83 bits per heavy atom. The van der Waals surface area contributed by atoms with E-state index in [1.807, 2.05) is 12.1 Å². The summed E-state index contributed by atoms with van der Waals surface area (Å²) in [5.74, 6) is 0. The van der Waals surface area contributed by atoms with Gasteiger partial charge in [-0.1, -0.05) is 34.1 Å². The zero-order chi connectivity index (χ0) is 17.9. The summed E-state index contributed by atoms with van der Waals surface area (Å²) in [6.45, 7) is 3.20. The summed E-state index contributed by atoms with van der Waals surface area (Å²) in [4.78, 5) is 12.2. The highest BCUT2D eigenvalue weighted by Crippen LogP contribution is 2.22. The van der Waals surface area contributed by atoms with E-state index in [4.69, 9.17) is 0 Å². The predicted octanol–water partition coefficient (Wildman–Crippen LogP) is 3.37. The molecule has 0 aliphatic heterocycles. The number of benzene rings is 2. The summed E-state index contributed by atoms with van der Waals surface area (Å²) in [7, 11) is -4.00. The molecule has 0 aromatic heterocycles. The zero-order valence-electron chi connectivity index (χ0n) is 12.9. The van der Waals surface area contributed by atoms with Gasteiger partial charge in [0, 0.05) is 16.1 Å². The molecule has 0 bridgehead atoms. The minimum absolute atomic E-state index is 0.216. The predicted molar refractivity (Wildman–Crippen MR) is 94.5 cm³/mol. The molecule has 0 fully saturated rings. The summed E-state index contributed by atoms with van der Waals surface area (Å²) in [5, 5.41) is 14.8. The van der Waals surface area contributed by atoms with Crippen molar-refractivity contribution < 1.29 is 13.3 Å². The highest BCUT2D eigenvalue weighted by Gasteiger charge is 2.19. The third-order valence-corrected chi connectivity index (χ3v) is 5.02. The van der Waals surface area contributed by atoms with Crippen molar-refractivity contribution in [1.29, 1.82) is 0 Å². The van der Waals surface area contributed by atoms with Crippen LogP contribution in [0.25, 0.3) is 0 Å². The number of nitrogens with one attached hydrogen (secondary N) is 1. The maximum absolute atomic E-state index is 12.3. The molecule has 0 radical (unpaired) electrons. The van der Waals surface area contributed by atoms with Gasteiger partial charge in [0.25, 0.3) is 15.7 Å². The van der Waals surface area contributed by atoms with Gasteiger partial charge < -0.3 is 0 Å². The number of nitrogens with zero attached hydrogens (tertiary/aromatic N) is 2. The maximum Gasteiger partial charge on any atom is 0.276 e. The van der Waals surface area contributed by atoms with E-state index < -0.39 is 14.9 Å². The molecular formula is C15H14BrN3O4S. The van der Waals surface area contributed by atoms with Crippen LogP contribution in [0, 0.1) is 17.0 Å². The standard InChI is InChI=1S/C15H14BrN3O4S/c1-10-3-8-14(9-15(10)19(20)21)24(22,23)18-17-11(2)12-4-6-13(16)7-5-12/h3-9,18H,1-2H3/b17-11+. The van der Waals surface area contributed by atoms with Gasteiger partial charge in [-0.3, -0.25) is 10.1 Å². The molecule has 0 heterocycles. The first-order valence-corrected chi connectivity index (χ1v) is 9.05. The van der Waals surface area contributed by atoms with Crippen LogP contribution >= 0.6 is 15.9 Å². The molecular weight excluding hydrogens is 398 g/mol. The van der Waals surface area contributed by atoms with Crippen LogP contribution in [0.1, 0.15) is 18.1 Å². The van der Waals surface area contributed by atoms with Crippen LogP contribution in [0.3, 0.4) is 0 Å². The molecule has 24 heavy (non-hydrogen) atoms. The molecule has 0 aliphatic carbocycles. The fraction of sp³-hybridized carbons (Fsp3) is 0.133. The van der Waals surface area contributed by atoms with E-state index in [1.165, 1.54) is 19.1 Å². The third-order valence-electron chi connectivity index (χ3n) is 3.28. The lowest BCUT2D eigenvalue weighted by molar-refractivity contribution is -0.385. The molecule has 0 aliphatic rings. The molecule has 0 saturated carbocycles. The lowest BCUT2D eigenvalue weighted by Crippen LogP contribution is -2.20. The molecule has 126 valence electrons. The van der Waals surface area contributed by atoms with Crippen LogP contribution < -0.4 is 4.83 Å². The molecule has 0 unspecified atom stereocenters. The molecule has 9 heteroatoms. The van der Waals surface area contributed by atoms with Crippen molar-refractivity contribution in [3.63, 3.8) is 0 Å². The molecule has 0 atom stereocenters. The number of hydrazone groups is 1. The van der Waals surface area contributed by atoms with Crippen LogP contribution in [-0.2, 0) is 10.0 Å². The van der Waals surface area contributed by atoms with Gasteiger partial charge in [-0.15, -0.1) is 0 Å². The van der Waals surface area contributed by atoms with Crippen molar-refractivity contribution in [2.75, 3.05) is 0 Å². The Balaban J connectivity index is 2.28. The van der Waals surface area contributed by atoms with Crippen molar-refractivity contribution >= 4 is 37.4 Å². The van der Waals surface area contributed by atoms with Crippen LogP contribution in [0.5, 0.6) is 0 Å². The largest absolute Gasteiger partial charge is 0.276 e. The quantitative estimate of drug-likeness (QED) is 0.462. The molecule has 0 amide bonds. The van der Waals surface area contributed by atoms with Gasteiger partial charge in [-0.25, -0.2) is 0 Å². The number of hydrogen-bond acceptors (Lipinski definition) is 5. The Bertz CT molecular complexity index is 909. The van der Waals surface area contributed by atoms with Gasteiger partial charge in [0.05, 0.1) is 15.5 Å². The number of aryl methyl sites for hydroxylation is 1. The lowest BCUT2D eigenvalue weighted by Gasteiger charge is -2.06. The fourth-order valence-electron chi connectivity index (χ4n) is 1.89. The number of nitro benzene ring substituents is 1. The molecule has 2 aromatic rings. The number of nitro groups is 1. The van der Waals surface area contributed by atoms with E-state index >= 15 is 0 Å². The van der Waals surface area contributed by atoms with Crippen molar-refractivity contribution in [2.24, 2.45) is 5.10 Å². The van der Waals surface area contributed by atoms with Gasteiger partial charge in [-0.05, 0) is 37.6 Å². The number of hydrogen-bond donors (Lipinski definition) is 1. The zero-order valence-corrected chi connectivity index (χ0v) is 15.3. The second-order valence-electron chi connectivity index (χ2n) is 5.00. The molecule has 0 spiro atoms. The van der Waals surface area contributed by atoms with Gasteiger partial charge in [-0.2, -0.15) is 18.4 Å². The number of sulfonamides is 1. The second kappa shape index (κ2) is 7.10. The topological polar surface area (TPSA) is 102 Å². The van der Waals surface area contributed by atoms with Gasteiger partial charge >= 0.3 is 0 Å². The first-order chi connectivity index (χ1) is 11.2. The Morgan fingerprint density at radius 1 is 1.21 bits per heavy atom. The minimum atomic E-state index is -4.00. The highest BCUT2D eigenvalue weighted by atomic mass is 79.9. The summed E-state index contributed by atoms with van der Waals surface area (Å²) in [6.07, 6.45) is 0. The summed E-state index contributed by atoms with van der Waals surface area (Å²) < 4.78 is 25.4. The van der Waals surface area contributed by atoms with Gasteiger partial charge in [0.15, 0.2) is 0 Å². The van der Waals surface area contributed by atoms with Crippen LogP contribution in [0.4, 0.5) is 5.69 Å². The Kier molecular flexibility index (Phi) is 5.35. The lowest BCUT2D eigenvalue weighted by atomic mass is 10.1. The molecule has 2 rings (SSSR count). The van der Waals surface area contributed by atoms with Crippen molar-refractivity contribution in [1.82, 2.24) is 4.83 Å². The molecule has 7 nitrogen and oxygen atoms in total. The number of halogens is 1. The second-order valence-corrected chi connectivity index (χ2v) is 7.58. The average molecular weight is 412 g/mol. The summed E-state index contributed by atoms with van der Waals surface area (Å²) in [6, 6.07) is 10.9. The average Bonchev–Trinajstić information content (AvgIpc) is 2.53. The van der Waals surface area contributed by atoms with Crippen molar-refractivity contribution in [3.8, 4) is 0 Å². The SMILES string of the molecule is C/C(=N\NS(=O)(=O)c1ccc(C)c([N+](=O)[O-])c1)c1ccc(Br)cc1. The van der Waals surface area contributed by atoms with Crippen molar-refractivity contribution in [3.05, 3.63) is 68.2 Å². The Morgan fingerprint density at radius 3 is 2.42 bits per heavy atom. The molecule has 0 saturated heterocycles. The maximum atomic E-state index is 12.3. The monoisotopic (exact) mass is 411 g/mol. The van der Waals surface area contributed by atoms with Gasteiger partial charge in [0.1, 0.15) is 0 Å². The van der Waals surface area contributed by atoms with E-state index in [1.54, 1.807) is 19.1 Å². The normalized spacial score (nSPS) is 12.0. The fourth-order valence-corrected chi connectivity index (χ4v) is 3.03.